The molecule has 0 fully saturated rings. The minimum absolute atomic E-state index is 0.124. The molecule has 3 rings (SSSR count). The Bertz CT molecular complexity index is 906. The molecule has 0 aliphatic carbocycles. The van der Waals surface area contributed by atoms with Crippen LogP contribution < -0.4 is 14.8 Å². The molecule has 1 amide bonds. The van der Waals surface area contributed by atoms with Crippen LogP contribution in [0.4, 0.5) is 0 Å². The van der Waals surface area contributed by atoms with Gasteiger partial charge in [-0.1, -0.05) is 18.2 Å². The summed E-state index contributed by atoms with van der Waals surface area (Å²) >= 11 is 0. The predicted octanol–water partition coefficient (Wildman–Crippen LogP) is 2.28. The SMILES string of the molecule is CC(NC(=O)Cc1ccc2c(c1)OCCO2)c1ccc(S(C)(=O)=O)cc1. The lowest BCUT2D eigenvalue weighted by Gasteiger charge is -2.19. The third-order valence-corrected chi connectivity index (χ3v) is 5.29. The van der Waals surface area contributed by atoms with Gasteiger partial charge < -0.3 is 14.8 Å². The summed E-state index contributed by atoms with van der Waals surface area (Å²) in [6, 6.07) is 11.8. The van der Waals surface area contributed by atoms with Crippen molar-refractivity contribution >= 4 is 15.7 Å². The van der Waals surface area contributed by atoms with E-state index in [1.807, 2.05) is 25.1 Å². The van der Waals surface area contributed by atoms with Crippen LogP contribution in [0, 0.1) is 0 Å². The fourth-order valence-electron chi connectivity index (χ4n) is 2.76. The topological polar surface area (TPSA) is 81.7 Å². The number of amides is 1. The molecule has 6 nitrogen and oxygen atoms in total. The number of sulfone groups is 1. The van der Waals surface area contributed by atoms with E-state index >= 15 is 0 Å². The van der Waals surface area contributed by atoms with Crippen molar-refractivity contribution in [2.45, 2.75) is 24.3 Å². The molecule has 26 heavy (non-hydrogen) atoms. The van der Waals surface area contributed by atoms with E-state index in [0.29, 0.717) is 24.7 Å². The Morgan fingerprint density at radius 2 is 1.73 bits per heavy atom. The van der Waals surface area contributed by atoms with Gasteiger partial charge in [0, 0.05) is 6.26 Å². The number of hydrogen-bond acceptors (Lipinski definition) is 5. The van der Waals surface area contributed by atoms with Gasteiger partial charge >= 0.3 is 0 Å². The first kappa shape index (κ1) is 18.3. The highest BCUT2D eigenvalue weighted by Gasteiger charge is 2.15. The van der Waals surface area contributed by atoms with E-state index in [1.54, 1.807) is 24.3 Å². The molecule has 0 radical (unpaired) electrons. The maximum atomic E-state index is 12.3. The van der Waals surface area contributed by atoms with Crippen LogP contribution in [0.15, 0.2) is 47.4 Å². The van der Waals surface area contributed by atoms with Crippen molar-refractivity contribution in [1.82, 2.24) is 5.32 Å². The number of carbonyl (C=O) groups is 1. The standard InChI is InChI=1S/C19H21NO5S/c1-13(15-4-6-16(7-5-15)26(2,22)23)20-19(21)12-14-3-8-17-18(11-14)25-10-9-24-17/h3-8,11,13H,9-10,12H2,1-2H3,(H,20,21). The number of carbonyl (C=O) groups excluding carboxylic acids is 1. The van der Waals surface area contributed by atoms with Gasteiger partial charge in [0.05, 0.1) is 17.4 Å². The molecular weight excluding hydrogens is 354 g/mol. The van der Waals surface area contributed by atoms with E-state index in [1.165, 1.54) is 6.26 Å². The quantitative estimate of drug-likeness (QED) is 0.867. The maximum Gasteiger partial charge on any atom is 0.224 e. The Morgan fingerprint density at radius 1 is 1.08 bits per heavy atom. The van der Waals surface area contributed by atoms with Gasteiger partial charge in [-0.25, -0.2) is 8.42 Å². The molecule has 2 aromatic rings. The number of fused-ring (bicyclic) bond motifs is 1. The van der Waals surface area contributed by atoms with Crippen molar-refractivity contribution in [2.24, 2.45) is 0 Å². The van der Waals surface area contributed by atoms with Crippen LogP contribution in [0.25, 0.3) is 0 Å². The van der Waals surface area contributed by atoms with Gasteiger partial charge in [0.2, 0.25) is 5.91 Å². The Labute approximate surface area is 153 Å². The molecule has 0 bridgehead atoms. The van der Waals surface area contributed by atoms with E-state index in [9.17, 15) is 13.2 Å². The van der Waals surface area contributed by atoms with Gasteiger partial charge in [0.25, 0.3) is 0 Å². The Balaban J connectivity index is 1.62. The van der Waals surface area contributed by atoms with Gasteiger partial charge in [-0.15, -0.1) is 0 Å². The number of rotatable bonds is 5. The van der Waals surface area contributed by atoms with Crippen LogP contribution in [0.5, 0.6) is 11.5 Å². The van der Waals surface area contributed by atoms with Gasteiger partial charge in [-0.2, -0.15) is 0 Å². The molecule has 1 aliphatic heterocycles. The van der Waals surface area contributed by atoms with Crippen molar-refractivity contribution < 1.29 is 22.7 Å². The average Bonchev–Trinajstić information content (AvgIpc) is 2.61. The number of ether oxygens (including phenoxy) is 2. The van der Waals surface area contributed by atoms with Crippen LogP contribution in [-0.4, -0.2) is 33.8 Å². The lowest BCUT2D eigenvalue weighted by molar-refractivity contribution is -0.121. The van der Waals surface area contributed by atoms with E-state index in [0.717, 1.165) is 11.1 Å². The normalized spacial score (nSPS) is 14.5. The lowest BCUT2D eigenvalue weighted by atomic mass is 10.1. The first-order valence-electron chi connectivity index (χ1n) is 8.31. The fraction of sp³-hybridized carbons (Fsp3) is 0.316. The van der Waals surface area contributed by atoms with Gasteiger partial charge in [0.1, 0.15) is 13.2 Å². The Hall–Kier alpha value is -2.54. The van der Waals surface area contributed by atoms with Crippen molar-refractivity contribution in [3.63, 3.8) is 0 Å². The fourth-order valence-corrected chi connectivity index (χ4v) is 3.39. The monoisotopic (exact) mass is 375 g/mol. The third kappa shape index (κ3) is 4.35. The molecule has 2 aromatic carbocycles. The summed E-state index contributed by atoms with van der Waals surface area (Å²) in [6.07, 6.45) is 1.39. The zero-order chi connectivity index (χ0) is 18.7. The first-order chi connectivity index (χ1) is 12.3. The van der Waals surface area contributed by atoms with Crippen molar-refractivity contribution in [3.05, 3.63) is 53.6 Å². The summed E-state index contributed by atoms with van der Waals surface area (Å²) in [7, 11) is -3.23. The second kappa shape index (κ2) is 7.37. The molecule has 1 N–H and O–H groups in total. The zero-order valence-electron chi connectivity index (χ0n) is 14.7. The predicted molar refractivity (Wildman–Crippen MR) is 97.2 cm³/mol. The largest absolute Gasteiger partial charge is 0.486 e. The molecule has 0 saturated carbocycles. The third-order valence-electron chi connectivity index (χ3n) is 4.16. The number of hydrogen-bond donors (Lipinski definition) is 1. The summed E-state index contributed by atoms with van der Waals surface area (Å²) in [5.41, 5.74) is 1.68. The number of benzene rings is 2. The molecule has 1 heterocycles. The summed E-state index contributed by atoms with van der Waals surface area (Å²) in [6.45, 7) is 2.89. The lowest BCUT2D eigenvalue weighted by Crippen LogP contribution is -2.28. The second-order valence-corrected chi connectivity index (χ2v) is 8.30. The van der Waals surface area contributed by atoms with Gasteiger partial charge in [-0.05, 0) is 42.3 Å². The molecule has 1 aliphatic rings. The van der Waals surface area contributed by atoms with E-state index in [-0.39, 0.29) is 23.3 Å². The summed E-state index contributed by atoms with van der Waals surface area (Å²) in [5, 5.41) is 2.92. The molecule has 0 saturated heterocycles. The number of nitrogens with one attached hydrogen (secondary N) is 1. The molecule has 0 spiro atoms. The Morgan fingerprint density at radius 3 is 2.38 bits per heavy atom. The maximum absolute atomic E-state index is 12.3. The van der Waals surface area contributed by atoms with Crippen molar-refractivity contribution in [2.75, 3.05) is 19.5 Å². The second-order valence-electron chi connectivity index (χ2n) is 6.29. The van der Waals surface area contributed by atoms with Crippen LogP contribution in [0.1, 0.15) is 24.1 Å². The highest BCUT2D eigenvalue weighted by molar-refractivity contribution is 7.90. The van der Waals surface area contributed by atoms with Crippen LogP contribution in [0.2, 0.25) is 0 Å². The first-order valence-corrected chi connectivity index (χ1v) is 10.2. The molecule has 138 valence electrons. The summed E-state index contributed by atoms with van der Waals surface area (Å²) in [4.78, 5) is 12.6. The minimum atomic E-state index is -3.23. The molecule has 1 unspecified atom stereocenters. The van der Waals surface area contributed by atoms with Crippen LogP contribution in [0.3, 0.4) is 0 Å². The zero-order valence-corrected chi connectivity index (χ0v) is 15.5. The summed E-state index contributed by atoms with van der Waals surface area (Å²) in [5.74, 6) is 1.23. The van der Waals surface area contributed by atoms with Crippen LogP contribution >= 0.6 is 0 Å². The van der Waals surface area contributed by atoms with E-state index in [4.69, 9.17) is 9.47 Å². The van der Waals surface area contributed by atoms with Crippen LogP contribution in [-0.2, 0) is 21.1 Å². The highest BCUT2D eigenvalue weighted by Crippen LogP contribution is 2.30. The van der Waals surface area contributed by atoms with E-state index < -0.39 is 9.84 Å². The molecular formula is C19H21NO5S. The smallest absolute Gasteiger partial charge is 0.224 e. The summed E-state index contributed by atoms with van der Waals surface area (Å²) < 4.78 is 34.0. The van der Waals surface area contributed by atoms with Crippen molar-refractivity contribution in [1.29, 1.82) is 0 Å². The molecule has 1 atom stereocenters. The molecule has 7 heteroatoms. The van der Waals surface area contributed by atoms with Gasteiger partial charge in [-0.3, -0.25) is 4.79 Å². The highest BCUT2D eigenvalue weighted by atomic mass is 32.2. The Kier molecular flexibility index (Phi) is 5.18. The average molecular weight is 375 g/mol. The van der Waals surface area contributed by atoms with E-state index in [2.05, 4.69) is 5.32 Å². The minimum Gasteiger partial charge on any atom is -0.486 e. The van der Waals surface area contributed by atoms with Gasteiger partial charge in [0.15, 0.2) is 21.3 Å². The van der Waals surface area contributed by atoms with Crippen molar-refractivity contribution in [3.8, 4) is 11.5 Å². The molecule has 0 aromatic heterocycles.